The van der Waals surface area contributed by atoms with Crippen LogP contribution in [0.2, 0.25) is 0 Å². The molecule has 3 unspecified atom stereocenters. The lowest BCUT2D eigenvalue weighted by Gasteiger charge is -2.34. The maximum atomic E-state index is 12.9. The average molecular weight is 487 g/mol. The summed E-state index contributed by atoms with van der Waals surface area (Å²) in [7, 11) is 0. The molecule has 2 saturated heterocycles. The Kier molecular flexibility index (Phi) is 8.68. The molecule has 1 amide bonds. The van der Waals surface area contributed by atoms with Crippen LogP contribution in [0.5, 0.6) is 0 Å². The summed E-state index contributed by atoms with van der Waals surface area (Å²) in [4.78, 5) is 21.9. The van der Waals surface area contributed by atoms with Crippen molar-refractivity contribution in [3.63, 3.8) is 0 Å². The fourth-order valence-electron chi connectivity index (χ4n) is 2.82. The fourth-order valence-corrected chi connectivity index (χ4v) is 4.47. The molecule has 166 valence electrons. The first-order valence-electron chi connectivity index (χ1n) is 9.04. The number of carbonyl (C=O) groups excluding carboxylic acids is 1. The molecule has 2 aliphatic rings. The zero-order chi connectivity index (χ0) is 22.4. The van der Waals surface area contributed by atoms with E-state index in [0.29, 0.717) is 28.2 Å². The fraction of sp³-hybridized carbons (Fsp3) is 0.412. The Morgan fingerprint density at radius 2 is 2.32 bits per heavy atom. The van der Waals surface area contributed by atoms with Gasteiger partial charge in [-0.2, -0.15) is 5.06 Å². The summed E-state index contributed by atoms with van der Waals surface area (Å²) >= 11 is 6.98. The number of azide groups is 1. The summed E-state index contributed by atoms with van der Waals surface area (Å²) in [6, 6.07) is 4.67. The molecular weight excluding hydrogens is 468 g/mol. The quantitative estimate of drug-likeness (QED) is 0.0774. The standard InChI is InChI=1S/C17H18N4O7S3/c1-3-12-6-9(2)24-17(25-12)26-21-15(22)14(30-16(21)29)7-10-4-5-11(19-20-18)8-13(10)31-28-27-23/h4-5,7-9,12,17,23H,3,6H2,1-2H3/b14-7-. The number of benzene rings is 1. The van der Waals surface area contributed by atoms with Crippen LogP contribution in [0.4, 0.5) is 5.69 Å². The molecule has 0 aromatic heterocycles. The topological polar surface area (TPSA) is 135 Å². The number of ether oxygens (including phenoxy) is 2. The van der Waals surface area contributed by atoms with Crippen molar-refractivity contribution in [2.24, 2.45) is 5.11 Å². The number of hydrogen-bond acceptors (Lipinski definition) is 11. The van der Waals surface area contributed by atoms with Gasteiger partial charge in [-0.25, -0.2) is 10.1 Å². The zero-order valence-corrected chi connectivity index (χ0v) is 18.8. The van der Waals surface area contributed by atoms with Crippen molar-refractivity contribution in [1.82, 2.24) is 5.06 Å². The lowest BCUT2D eigenvalue weighted by molar-refractivity contribution is -0.432. The Bertz CT molecular complexity index is 925. The van der Waals surface area contributed by atoms with Crippen molar-refractivity contribution in [2.45, 2.75) is 50.3 Å². The summed E-state index contributed by atoms with van der Waals surface area (Å²) in [6.45, 7) is 2.86. The number of thioether (sulfide) groups is 1. The number of thiocarbonyl (C=S) groups is 1. The molecule has 1 N–H and O–H groups in total. The summed E-state index contributed by atoms with van der Waals surface area (Å²) < 4.78 is 16.0. The molecule has 14 heteroatoms. The second kappa shape index (κ2) is 11.2. The van der Waals surface area contributed by atoms with Gasteiger partial charge in [0.25, 0.3) is 12.4 Å². The summed E-state index contributed by atoms with van der Waals surface area (Å²) in [5, 5.41) is 16.5. The van der Waals surface area contributed by atoms with Crippen molar-refractivity contribution in [3.05, 3.63) is 39.1 Å². The molecule has 0 bridgehead atoms. The maximum absolute atomic E-state index is 12.9. The minimum Gasteiger partial charge on any atom is -0.325 e. The van der Waals surface area contributed by atoms with E-state index in [1.807, 2.05) is 13.8 Å². The van der Waals surface area contributed by atoms with Gasteiger partial charge in [-0.15, -0.1) is 4.33 Å². The molecule has 0 aliphatic carbocycles. The second-order valence-corrected chi connectivity index (χ2v) is 8.77. The third-order valence-electron chi connectivity index (χ3n) is 4.25. The minimum atomic E-state index is -1.04. The van der Waals surface area contributed by atoms with Gasteiger partial charge >= 0.3 is 0 Å². The molecule has 2 fully saturated rings. The van der Waals surface area contributed by atoms with E-state index in [4.69, 9.17) is 37.3 Å². The van der Waals surface area contributed by atoms with Crippen molar-refractivity contribution in [2.75, 3.05) is 0 Å². The van der Waals surface area contributed by atoms with Crippen LogP contribution >= 0.6 is 36.0 Å². The Balaban J connectivity index is 1.79. The molecule has 0 radical (unpaired) electrons. The van der Waals surface area contributed by atoms with Crippen molar-refractivity contribution in [1.29, 1.82) is 0 Å². The van der Waals surface area contributed by atoms with Crippen LogP contribution in [0.25, 0.3) is 16.5 Å². The molecule has 0 spiro atoms. The zero-order valence-electron chi connectivity index (χ0n) is 16.4. The van der Waals surface area contributed by atoms with E-state index in [0.717, 1.165) is 29.7 Å². The summed E-state index contributed by atoms with van der Waals surface area (Å²) in [6.07, 6.45) is 2.97. The molecule has 31 heavy (non-hydrogen) atoms. The van der Waals surface area contributed by atoms with Crippen LogP contribution in [0.3, 0.4) is 0 Å². The molecule has 0 saturated carbocycles. The number of hydrogen-bond donors (Lipinski definition) is 1. The molecule has 11 nitrogen and oxygen atoms in total. The van der Waals surface area contributed by atoms with Crippen LogP contribution < -0.4 is 0 Å². The monoisotopic (exact) mass is 486 g/mol. The van der Waals surface area contributed by atoms with E-state index in [9.17, 15) is 4.79 Å². The van der Waals surface area contributed by atoms with Gasteiger partial charge in [-0.05, 0) is 55.2 Å². The van der Waals surface area contributed by atoms with Crippen LogP contribution in [-0.4, -0.2) is 39.2 Å². The van der Waals surface area contributed by atoms with Gasteiger partial charge in [-0.3, -0.25) is 4.79 Å². The average Bonchev–Trinajstić information content (AvgIpc) is 3.00. The van der Waals surface area contributed by atoms with Gasteiger partial charge in [0.2, 0.25) is 0 Å². The molecule has 3 atom stereocenters. The number of rotatable bonds is 8. The first-order valence-corrected chi connectivity index (χ1v) is 11.0. The van der Waals surface area contributed by atoms with Crippen molar-refractivity contribution < 1.29 is 33.7 Å². The molecule has 1 aromatic rings. The lowest BCUT2D eigenvalue weighted by Crippen LogP contribution is -2.43. The Morgan fingerprint density at radius 1 is 1.52 bits per heavy atom. The van der Waals surface area contributed by atoms with Crippen molar-refractivity contribution in [3.8, 4) is 0 Å². The highest BCUT2D eigenvalue weighted by atomic mass is 32.2. The predicted octanol–water partition coefficient (Wildman–Crippen LogP) is 5.08. The summed E-state index contributed by atoms with van der Waals surface area (Å²) in [5.41, 5.74) is 9.45. The number of amides is 1. The highest BCUT2D eigenvalue weighted by Gasteiger charge is 2.38. The predicted molar refractivity (Wildman–Crippen MR) is 116 cm³/mol. The first-order chi connectivity index (χ1) is 14.9. The van der Waals surface area contributed by atoms with Crippen LogP contribution in [0, 0.1) is 0 Å². The minimum absolute atomic E-state index is 0.0365. The van der Waals surface area contributed by atoms with E-state index >= 15 is 0 Å². The number of carbonyl (C=O) groups is 1. The normalized spacial score (nSPS) is 25.2. The van der Waals surface area contributed by atoms with E-state index in [1.54, 1.807) is 18.2 Å². The van der Waals surface area contributed by atoms with Gasteiger partial charge in [0.1, 0.15) is 0 Å². The number of nitrogens with zero attached hydrogens (tertiary/aromatic N) is 4. The molecule has 3 rings (SSSR count). The van der Waals surface area contributed by atoms with Gasteiger partial charge < -0.3 is 9.47 Å². The maximum Gasteiger partial charge on any atom is 0.295 e. The van der Waals surface area contributed by atoms with Gasteiger partial charge in [-0.1, -0.05) is 41.0 Å². The van der Waals surface area contributed by atoms with E-state index in [1.165, 1.54) is 6.07 Å². The van der Waals surface area contributed by atoms with E-state index < -0.39 is 12.4 Å². The smallest absolute Gasteiger partial charge is 0.295 e. The first kappa shape index (κ1) is 23.9. The SMILES string of the molecule is CCC1CC(C)OC(ON2C(=O)/C(=C/c3ccc(N=[N+]=[N-])cc3SOOO)SC2=S)O1. The van der Waals surface area contributed by atoms with E-state index in [-0.39, 0.29) is 21.4 Å². The molecule has 1 aromatic carbocycles. The van der Waals surface area contributed by atoms with Crippen LogP contribution in [0.1, 0.15) is 32.3 Å². The third-order valence-corrected chi connectivity index (χ3v) is 6.18. The lowest BCUT2D eigenvalue weighted by atomic mass is 10.1. The van der Waals surface area contributed by atoms with Gasteiger partial charge in [0, 0.05) is 15.5 Å². The highest BCUT2D eigenvalue weighted by molar-refractivity contribution is 8.26. The third kappa shape index (κ3) is 6.17. The number of hydroxylamine groups is 2. The highest BCUT2D eigenvalue weighted by Crippen LogP contribution is 2.37. The van der Waals surface area contributed by atoms with Crippen LogP contribution in [-0.2, 0) is 28.5 Å². The van der Waals surface area contributed by atoms with E-state index in [2.05, 4.69) is 19.4 Å². The Morgan fingerprint density at radius 3 is 3.03 bits per heavy atom. The summed E-state index contributed by atoms with van der Waals surface area (Å²) in [5.74, 6) is -0.483. The van der Waals surface area contributed by atoms with Gasteiger partial charge in [0.15, 0.2) is 4.32 Å². The van der Waals surface area contributed by atoms with Crippen LogP contribution in [0.15, 0.2) is 33.1 Å². The largest absolute Gasteiger partial charge is 0.325 e. The molecule has 2 aliphatic heterocycles. The van der Waals surface area contributed by atoms with Crippen molar-refractivity contribution >= 4 is 58.0 Å². The molecular formula is C17H18N4O7S3. The Labute approximate surface area is 191 Å². The second-order valence-electron chi connectivity index (χ2n) is 6.36. The Hall–Kier alpha value is -1.71. The van der Waals surface area contributed by atoms with Gasteiger partial charge in [0.05, 0.1) is 29.2 Å². The molecule has 2 heterocycles.